The molecule has 0 aromatic rings. The summed E-state index contributed by atoms with van der Waals surface area (Å²) in [6.45, 7) is 7.62. The van der Waals surface area contributed by atoms with E-state index in [1.807, 2.05) is 6.92 Å². The van der Waals surface area contributed by atoms with E-state index in [1.165, 1.54) is 4.90 Å². The Morgan fingerprint density at radius 1 is 1.38 bits per heavy atom. The van der Waals surface area contributed by atoms with E-state index in [4.69, 9.17) is 4.74 Å². The third-order valence-corrected chi connectivity index (χ3v) is 4.09. The van der Waals surface area contributed by atoms with Gasteiger partial charge in [-0.05, 0) is 25.7 Å². The molecule has 1 aliphatic rings. The molecule has 1 rings (SSSR count). The second kappa shape index (κ2) is 10.1. The highest BCUT2D eigenvalue weighted by Crippen LogP contribution is 2.19. The van der Waals surface area contributed by atoms with Crippen molar-refractivity contribution in [3.63, 3.8) is 0 Å². The van der Waals surface area contributed by atoms with Gasteiger partial charge in [-0.1, -0.05) is 13.8 Å². The summed E-state index contributed by atoms with van der Waals surface area (Å²) in [6, 6.07) is -0.00802. The zero-order valence-electron chi connectivity index (χ0n) is 15.1. The number of rotatable bonds is 8. The molecule has 142 valence electrons. The van der Waals surface area contributed by atoms with Crippen LogP contribution in [-0.4, -0.2) is 69.0 Å². The zero-order chi connectivity index (χ0) is 18.2. The maximum Gasteiger partial charge on any atom is 0.401 e. The lowest BCUT2D eigenvalue weighted by Crippen LogP contribution is -2.46. The van der Waals surface area contributed by atoms with Crippen molar-refractivity contribution in [3.8, 4) is 0 Å². The van der Waals surface area contributed by atoms with Gasteiger partial charge in [-0.25, -0.2) is 0 Å². The number of halogens is 3. The van der Waals surface area contributed by atoms with Crippen molar-refractivity contribution in [3.05, 3.63) is 0 Å². The normalized spacial score (nSPS) is 21.3. The molecule has 2 unspecified atom stereocenters. The van der Waals surface area contributed by atoms with Crippen molar-refractivity contribution >= 4 is 5.96 Å². The number of aliphatic imine (C=N–C) groups is 1. The Labute approximate surface area is 143 Å². The third kappa shape index (κ3) is 8.19. The number of guanidine groups is 1. The van der Waals surface area contributed by atoms with Gasteiger partial charge in [-0.3, -0.25) is 9.89 Å². The topological polar surface area (TPSA) is 48.9 Å². The van der Waals surface area contributed by atoms with Crippen molar-refractivity contribution in [2.45, 2.75) is 51.9 Å². The van der Waals surface area contributed by atoms with Gasteiger partial charge in [-0.15, -0.1) is 0 Å². The number of alkyl halides is 3. The summed E-state index contributed by atoms with van der Waals surface area (Å²) in [4.78, 5) is 5.58. The zero-order valence-corrected chi connectivity index (χ0v) is 15.1. The van der Waals surface area contributed by atoms with Crippen molar-refractivity contribution in [1.29, 1.82) is 0 Å². The van der Waals surface area contributed by atoms with Crippen molar-refractivity contribution in [1.82, 2.24) is 15.5 Å². The predicted molar refractivity (Wildman–Crippen MR) is 90.3 cm³/mol. The first-order valence-corrected chi connectivity index (χ1v) is 8.63. The molecule has 8 heteroatoms. The molecule has 1 aliphatic heterocycles. The quantitative estimate of drug-likeness (QED) is 0.520. The minimum atomic E-state index is -4.14. The highest BCUT2D eigenvalue weighted by atomic mass is 19.4. The molecule has 24 heavy (non-hydrogen) atoms. The summed E-state index contributed by atoms with van der Waals surface area (Å²) < 4.78 is 43.0. The molecule has 0 aromatic carbocycles. The van der Waals surface area contributed by atoms with Crippen LogP contribution >= 0.6 is 0 Å². The van der Waals surface area contributed by atoms with Crippen LogP contribution < -0.4 is 10.6 Å². The van der Waals surface area contributed by atoms with Crippen LogP contribution in [0.1, 0.15) is 33.6 Å². The maximum atomic E-state index is 12.4. The number of likely N-dealkylation sites (tertiary alicyclic amines) is 1. The van der Waals surface area contributed by atoms with Crippen LogP contribution in [0.5, 0.6) is 0 Å². The second-order valence-electron chi connectivity index (χ2n) is 6.51. The van der Waals surface area contributed by atoms with Gasteiger partial charge in [0.25, 0.3) is 0 Å². The minimum absolute atomic E-state index is 0.00802. The predicted octanol–water partition coefficient (Wildman–Crippen LogP) is 2.24. The maximum absolute atomic E-state index is 12.4. The van der Waals surface area contributed by atoms with Gasteiger partial charge >= 0.3 is 6.18 Å². The monoisotopic (exact) mass is 352 g/mol. The Morgan fingerprint density at radius 3 is 2.62 bits per heavy atom. The Kier molecular flexibility index (Phi) is 8.83. The molecular weight excluding hydrogens is 321 g/mol. The molecule has 1 saturated heterocycles. The number of ether oxygens (including phenoxy) is 1. The lowest BCUT2D eigenvalue weighted by molar-refractivity contribution is -0.143. The van der Waals surface area contributed by atoms with Gasteiger partial charge in [0.05, 0.1) is 12.6 Å². The molecule has 2 atom stereocenters. The first-order valence-electron chi connectivity index (χ1n) is 8.63. The average molecular weight is 352 g/mol. The van der Waals surface area contributed by atoms with E-state index >= 15 is 0 Å². The van der Waals surface area contributed by atoms with Crippen LogP contribution in [0, 0.1) is 5.92 Å². The van der Waals surface area contributed by atoms with Crippen LogP contribution in [-0.2, 0) is 4.74 Å². The molecule has 2 N–H and O–H groups in total. The van der Waals surface area contributed by atoms with Crippen LogP contribution in [0.4, 0.5) is 13.2 Å². The molecular formula is C16H31F3N4O. The fourth-order valence-corrected chi connectivity index (χ4v) is 2.89. The number of nitrogens with zero attached hydrogens (tertiary/aromatic N) is 2. The Bertz CT molecular complexity index is 388. The Hall–Kier alpha value is -1.02. The SMILES string of the molecule is CCOC(CCNC(=NC)NC1CCN(CC(F)(F)F)C1)C(C)C. The number of nitrogens with one attached hydrogen (secondary N) is 2. The molecule has 0 spiro atoms. The largest absolute Gasteiger partial charge is 0.401 e. The fraction of sp³-hybridized carbons (Fsp3) is 0.938. The van der Waals surface area contributed by atoms with Crippen LogP contribution in [0.25, 0.3) is 0 Å². The molecule has 0 saturated carbocycles. The van der Waals surface area contributed by atoms with Crippen molar-refractivity contribution in [2.75, 3.05) is 39.8 Å². The second-order valence-corrected chi connectivity index (χ2v) is 6.51. The van der Waals surface area contributed by atoms with E-state index in [0.717, 1.165) is 6.42 Å². The smallest absolute Gasteiger partial charge is 0.378 e. The molecule has 1 heterocycles. The van der Waals surface area contributed by atoms with Crippen molar-refractivity contribution in [2.24, 2.45) is 10.9 Å². The van der Waals surface area contributed by atoms with E-state index in [-0.39, 0.29) is 12.1 Å². The van der Waals surface area contributed by atoms with Crippen LogP contribution in [0.2, 0.25) is 0 Å². The van der Waals surface area contributed by atoms with Crippen LogP contribution in [0.15, 0.2) is 4.99 Å². The van der Waals surface area contributed by atoms with Crippen molar-refractivity contribution < 1.29 is 17.9 Å². The average Bonchev–Trinajstić information content (AvgIpc) is 2.89. The summed E-state index contributed by atoms with van der Waals surface area (Å²) in [5, 5.41) is 6.43. The summed E-state index contributed by atoms with van der Waals surface area (Å²) in [6.07, 6.45) is -2.41. The number of hydrogen-bond acceptors (Lipinski definition) is 3. The third-order valence-electron chi connectivity index (χ3n) is 4.09. The van der Waals surface area contributed by atoms with Gasteiger partial charge in [0.2, 0.25) is 0 Å². The highest BCUT2D eigenvalue weighted by Gasteiger charge is 2.34. The highest BCUT2D eigenvalue weighted by molar-refractivity contribution is 5.79. The Morgan fingerprint density at radius 2 is 2.08 bits per heavy atom. The van der Waals surface area contributed by atoms with E-state index in [1.54, 1.807) is 7.05 Å². The summed E-state index contributed by atoms with van der Waals surface area (Å²) in [5.41, 5.74) is 0. The van der Waals surface area contributed by atoms with Gasteiger partial charge in [0.1, 0.15) is 0 Å². The lowest BCUT2D eigenvalue weighted by Gasteiger charge is -2.22. The first kappa shape index (κ1) is 21.0. The molecule has 5 nitrogen and oxygen atoms in total. The summed E-state index contributed by atoms with van der Waals surface area (Å²) in [5.74, 6) is 1.07. The lowest BCUT2D eigenvalue weighted by atomic mass is 10.0. The Balaban J connectivity index is 2.33. The van der Waals surface area contributed by atoms with E-state index in [0.29, 0.717) is 44.5 Å². The molecule has 0 aromatic heterocycles. The van der Waals surface area contributed by atoms with E-state index in [9.17, 15) is 13.2 Å². The molecule has 0 amide bonds. The molecule has 0 bridgehead atoms. The van der Waals surface area contributed by atoms with Gasteiger partial charge in [0, 0.05) is 39.3 Å². The van der Waals surface area contributed by atoms with Crippen LogP contribution in [0.3, 0.4) is 0 Å². The first-order chi connectivity index (χ1) is 11.2. The summed E-state index contributed by atoms with van der Waals surface area (Å²) >= 11 is 0. The van der Waals surface area contributed by atoms with E-state index in [2.05, 4.69) is 29.5 Å². The van der Waals surface area contributed by atoms with Gasteiger partial charge in [-0.2, -0.15) is 13.2 Å². The standard InChI is InChI=1S/C16H31F3N4O/c1-5-24-14(12(2)3)6-8-21-15(20-4)22-13-7-9-23(10-13)11-16(17,18)19/h12-14H,5-11H2,1-4H3,(H2,20,21,22). The minimum Gasteiger partial charge on any atom is -0.378 e. The summed E-state index contributed by atoms with van der Waals surface area (Å²) in [7, 11) is 1.67. The fourth-order valence-electron chi connectivity index (χ4n) is 2.89. The number of hydrogen-bond donors (Lipinski definition) is 2. The molecule has 0 aliphatic carbocycles. The molecule has 0 radical (unpaired) electrons. The van der Waals surface area contributed by atoms with E-state index < -0.39 is 12.7 Å². The molecule has 1 fully saturated rings. The van der Waals surface area contributed by atoms with Gasteiger partial charge in [0.15, 0.2) is 5.96 Å². The van der Waals surface area contributed by atoms with Gasteiger partial charge < -0.3 is 15.4 Å².